The number of aryl methyl sites for hydroxylation is 1. The van der Waals surface area contributed by atoms with Crippen molar-refractivity contribution in [1.29, 1.82) is 0 Å². The first kappa shape index (κ1) is 28.1. The number of hydrogen-bond acceptors (Lipinski definition) is 4. The molecule has 0 heterocycles. The molecular formula is C27H29ClFN3O4S. The van der Waals surface area contributed by atoms with Crippen LogP contribution in [0.15, 0.2) is 72.8 Å². The molecule has 1 atom stereocenters. The molecule has 3 aromatic carbocycles. The molecule has 3 rings (SSSR count). The Hall–Kier alpha value is -3.43. The summed E-state index contributed by atoms with van der Waals surface area (Å²) < 4.78 is 41.2. The standard InChI is InChI=1S/C27H29ClFN3O4S/c1-19-13-14-22(28)16-24(19)32(37(3,35)36)18-26(33)31(17-21-11-7-8-12-23(21)29)25(27(34)30-2)15-20-9-5-4-6-10-20/h4-14,16,25H,15,17-18H2,1-3H3,(H,30,34). The van der Waals surface area contributed by atoms with Crippen LogP contribution in [0.5, 0.6) is 0 Å². The van der Waals surface area contributed by atoms with Crippen LogP contribution >= 0.6 is 11.6 Å². The highest BCUT2D eigenvalue weighted by Gasteiger charge is 2.33. The summed E-state index contributed by atoms with van der Waals surface area (Å²) in [4.78, 5) is 28.1. The second kappa shape index (κ2) is 12.2. The van der Waals surface area contributed by atoms with Gasteiger partial charge >= 0.3 is 0 Å². The first-order valence-corrected chi connectivity index (χ1v) is 13.8. The third-order valence-electron chi connectivity index (χ3n) is 5.94. The van der Waals surface area contributed by atoms with Gasteiger partial charge in [-0.25, -0.2) is 12.8 Å². The highest BCUT2D eigenvalue weighted by atomic mass is 35.5. The smallest absolute Gasteiger partial charge is 0.244 e. The van der Waals surface area contributed by atoms with E-state index in [2.05, 4.69) is 5.32 Å². The number of carbonyl (C=O) groups excluding carboxylic acids is 2. The lowest BCUT2D eigenvalue weighted by Gasteiger charge is -2.33. The quantitative estimate of drug-likeness (QED) is 0.418. The van der Waals surface area contributed by atoms with Crippen LogP contribution in [-0.2, 0) is 32.6 Å². The fourth-order valence-corrected chi connectivity index (χ4v) is 5.04. The van der Waals surface area contributed by atoms with Gasteiger partial charge in [0.15, 0.2) is 0 Å². The third-order valence-corrected chi connectivity index (χ3v) is 7.30. The number of likely N-dealkylation sites (N-methyl/N-ethyl adjacent to an activating group) is 1. The molecule has 0 spiro atoms. The number of anilines is 1. The van der Waals surface area contributed by atoms with Crippen molar-refractivity contribution >= 4 is 39.1 Å². The summed E-state index contributed by atoms with van der Waals surface area (Å²) in [6, 6.07) is 18.8. The largest absolute Gasteiger partial charge is 0.357 e. The number of benzene rings is 3. The van der Waals surface area contributed by atoms with E-state index < -0.39 is 40.2 Å². The van der Waals surface area contributed by atoms with Crippen LogP contribution in [-0.4, -0.2) is 51.0 Å². The highest BCUT2D eigenvalue weighted by Crippen LogP contribution is 2.27. The van der Waals surface area contributed by atoms with Gasteiger partial charge in [0, 0.05) is 30.6 Å². The zero-order chi connectivity index (χ0) is 27.2. The molecule has 0 bridgehead atoms. The zero-order valence-corrected chi connectivity index (χ0v) is 22.4. The van der Waals surface area contributed by atoms with Gasteiger partial charge in [-0.1, -0.05) is 66.2 Å². The van der Waals surface area contributed by atoms with Crippen LogP contribution < -0.4 is 9.62 Å². The van der Waals surface area contributed by atoms with E-state index in [4.69, 9.17) is 11.6 Å². The van der Waals surface area contributed by atoms with Gasteiger partial charge in [0.2, 0.25) is 21.8 Å². The Morgan fingerprint density at radius 2 is 1.68 bits per heavy atom. The summed E-state index contributed by atoms with van der Waals surface area (Å²) in [5.74, 6) is -1.67. The van der Waals surface area contributed by atoms with Crippen LogP contribution in [0, 0.1) is 12.7 Å². The van der Waals surface area contributed by atoms with Crippen LogP contribution in [0.3, 0.4) is 0 Å². The Balaban J connectivity index is 2.07. The molecule has 7 nitrogen and oxygen atoms in total. The molecule has 0 radical (unpaired) electrons. The number of amides is 2. The van der Waals surface area contributed by atoms with Crippen molar-refractivity contribution < 1.29 is 22.4 Å². The number of nitrogens with zero attached hydrogens (tertiary/aromatic N) is 2. The van der Waals surface area contributed by atoms with E-state index in [0.29, 0.717) is 10.6 Å². The fourth-order valence-electron chi connectivity index (χ4n) is 3.98. The summed E-state index contributed by atoms with van der Waals surface area (Å²) in [5.41, 5.74) is 1.82. The summed E-state index contributed by atoms with van der Waals surface area (Å²) in [6.45, 7) is 0.869. The second-order valence-corrected chi connectivity index (χ2v) is 11.0. The van der Waals surface area contributed by atoms with Gasteiger partial charge in [0.25, 0.3) is 0 Å². The lowest BCUT2D eigenvalue weighted by molar-refractivity contribution is -0.139. The lowest BCUT2D eigenvalue weighted by Crippen LogP contribution is -2.53. The molecule has 10 heteroatoms. The maximum Gasteiger partial charge on any atom is 0.244 e. The second-order valence-electron chi connectivity index (χ2n) is 8.63. The van der Waals surface area contributed by atoms with Gasteiger partial charge < -0.3 is 10.2 Å². The molecule has 1 unspecified atom stereocenters. The van der Waals surface area contributed by atoms with Crippen molar-refractivity contribution in [3.8, 4) is 0 Å². The molecule has 3 aromatic rings. The SMILES string of the molecule is CNC(=O)C(Cc1ccccc1)N(Cc1ccccc1F)C(=O)CN(c1cc(Cl)ccc1C)S(C)(=O)=O. The average Bonchev–Trinajstić information content (AvgIpc) is 2.86. The van der Waals surface area contributed by atoms with Crippen molar-refractivity contribution in [1.82, 2.24) is 10.2 Å². The lowest BCUT2D eigenvalue weighted by atomic mass is 10.0. The van der Waals surface area contributed by atoms with Crippen molar-refractivity contribution in [2.24, 2.45) is 0 Å². The first-order chi connectivity index (χ1) is 17.5. The van der Waals surface area contributed by atoms with Gasteiger partial charge in [-0.15, -0.1) is 0 Å². The van der Waals surface area contributed by atoms with Crippen LogP contribution in [0.25, 0.3) is 0 Å². The van der Waals surface area contributed by atoms with Crippen LogP contribution in [0.1, 0.15) is 16.7 Å². The van der Waals surface area contributed by atoms with E-state index in [1.54, 1.807) is 25.1 Å². The monoisotopic (exact) mass is 545 g/mol. The molecular weight excluding hydrogens is 517 g/mol. The molecule has 2 amide bonds. The Bertz CT molecular complexity index is 1370. The minimum Gasteiger partial charge on any atom is -0.357 e. The predicted octanol–water partition coefficient (Wildman–Crippen LogP) is 3.94. The number of halogens is 2. The molecule has 0 saturated carbocycles. The predicted molar refractivity (Wildman–Crippen MR) is 143 cm³/mol. The van der Waals surface area contributed by atoms with Crippen molar-refractivity contribution in [3.05, 3.63) is 100 Å². The van der Waals surface area contributed by atoms with Crippen LogP contribution in [0.2, 0.25) is 5.02 Å². The fraction of sp³-hybridized carbons (Fsp3) is 0.259. The minimum absolute atomic E-state index is 0.149. The van der Waals surface area contributed by atoms with E-state index in [-0.39, 0.29) is 24.2 Å². The number of rotatable bonds is 10. The normalized spacial score (nSPS) is 12.0. The molecule has 0 aliphatic carbocycles. The van der Waals surface area contributed by atoms with E-state index in [9.17, 15) is 22.4 Å². The van der Waals surface area contributed by atoms with E-state index >= 15 is 0 Å². The summed E-state index contributed by atoms with van der Waals surface area (Å²) >= 11 is 6.12. The topological polar surface area (TPSA) is 86.8 Å². The third kappa shape index (κ3) is 7.30. The Labute approximate surface area is 221 Å². The van der Waals surface area contributed by atoms with Gasteiger partial charge in [0.05, 0.1) is 11.9 Å². The maximum atomic E-state index is 14.6. The molecule has 0 fully saturated rings. The molecule has 0 saturated heterocycles. The first-order valence-electron chi connectivity index (χ1n) is 11.5. The summed E-state index contributed by atoms with van der Waals surface area (Å²) in [7, 11) is -2.48. The number of sulfonamides is 1. The van der Waals surface area contributed by atoms with Crippen molar-refractivity contribution in [2.75, 3.05) is 24.2 Å². The number of hydrogen-bond donors (Lipinski definition) is 1. The Morgan fingerprint density at radius 1 is 1.03 bits per heavy atom. The molecule has 0 aliphatic heterocycles. The van der Waals surface area contributed by atoms with E-state index in [1.165, 1.54) is 36.2 Å². The highest BCUT2D eigenvalue weighted by molar-refractivity contribution is 7.92. The molecule has 37 heavy (non-hydrogen) atoms. The van der Waals surface area contributed by atoms with Gasteiger partial charge in [-0.3, -0.25) is 13.9 Å². The molecule has 0 aliphatic rings. The Morgan fingerprint density at radius 3 is 2.30 bits per heavy atom. The molecule has 196 valence electrons. The van der Waals surface area contributed by atoms with E-state index in [1.807, 2.05) is 30.3 Å². The summed E-state index contributed by atoms with van der Waals surface area (Å²) in [6.07, 6.45) is 1.14. The van der Waals surface area contributed by atoms with Crippen molar-refractivity contribution in [3.63, 3.8) is 0 Å². The average molecular weight is 546 g/mol. The minimum atomic E-state index is -3.92. The zero-order valence-electron chi connectivity index (χ0n) is 20.8. The Kier molecular flexibility index (Phi) is 9.29. The van der Waals surface area contributed by atoms with Gasteiger partial charge in [-0.05, 0) is 36.2 Å². The van der Waals surface area contributed by atoms with E-state index in [0.717, 1.165) is 16.1 Å². The maximum absolute atomic E-state index is 14.6. The van der Waals surface area contributed by atoms with Gasteiger partial charge in [0.1, 0.15) is 18.4 Å². The number of carbonyl (C=O) groups is 2. The summed E-state index contributed by atoms with van der Waals surface area (Å²) in [5, 5.41) is 2.88. The molecule has 1 N–H and O–H groups in total. The van der Waals surface area contributed by atoms with Crippen LogP contribution in [0.4, 0.5) is 10.1 Å². The van der Waals surface area contributed by atoms with Crippen molar-refractivity contribution in [2.45, 2.75) is 25.9 Å². The molecule has 0 aromatic heterocycles. The number of nitrogens with one attached hydrogen (secondary N) is 1. The van der Waals surface area contributed by atoms with Gasteiger partial charge in [-0.2, -0.15) is 0 Å².